The Bertz CT molecular complexity index is 213. The van der Waals surface area contributed by atoms with Gasteiger partial charge in [0.1, 0.15) is 0 Å². The molecule has 2 fully saturated rings. The van der Waals surface area contributed by atoms with Crippen LogP contribution < -0.4 is 5.32 Å². The van der Waals surface area contributed by atoms with Gasteiger partial charge in [0.2, 0.25) is 0 Å². The molecular weight excluding hydrogens is 214 g/mol. The number of likely N-dealkylation sites (N-methyl/N-ethyl adjacent to an activating group) is 1. The van der Waals surface area contributed by atoms with Crippen LogP contribution in [0.25, 0.3) is 0 Å². The number of hydrogen-bond donors (Lipinski definition) is 2. The van der Waals surface area contributed by atoms with E-state index in [-0.39, 0.29) is 12.6 Å². The molecule has 4 heteroatoms. The number of aliphatic hydroxyl groups is 1. The number of aliphatic hydroxyl groups excluding tert-OH is 1. The summed E-state index contributed by atoms with van der Waals surface area (Å²) in [7, 11) is 0. The lowest BCUT2D eigenvalue weighted by molar-refractivity contribution is 0.108. The van der Waals surface area contributed by atoms with Gasteiger partial charge in [-0.3, -0.25) is 4.90 Å². The zero-order valence-electron chi connectivity index (χ0n) is 11.1. The standard InChI is InChI=1S/C13H27N3O/c1-2-14-13(11-17)10-16-7-5-15(6-8-16)9-12-3-4-12/h12-14,17H,2-11H2,1H3. The van der Waals surface area contributed by atoms with E-state index in [2.05, 4.69) is 22.0 Å². The highest BCUT2D eigenvalue weighted by Gasteiger charge is 2.26. The average molecular weight is 241 g/mol. The highest BCUT2D eigenvalue weighted by atomic mass is 16.3. The van der Waals surface area contributed by atoms with Crippen LogP contribution in [0.2, 0.25) is 0 Å². The zero-order chi connectivity index (χ0) is 12.1. The van der Waals surface area contributed by atoms with Crippen LogP contribution in [0.1, 0.15) is 19.8 Å². The lowest BCUT2D eigenvalue weighted by Crippen LogP contribution is -2.51. The molecule has 0 aromatic rings. The van der Waals surface area contributed by atoms with Crippen LogP contribution in [0.5, 0.6) is 0 Å². The van der Waals surface area contributed by atoms with Gasteiger partial charge in [0, 0.05) is 45.3 Å². The van der Waals surface area contributed by atoms with Gasteiger partial charge >= 0.3 is 0 Å². The van der Waals surface area contributed by atoms with Crippen molar-refractivity contribution in [2.24, 2.45) is 5.92 Å². The van der Waals surface area contributed by atoms with Crippen LogP contribution in [-0.4, -0.2) is 73.4 Å². The van der Waals surface area contributed by atoms with Gasteiger partial charge in [0.05, 0.1) is 6.61 Å². The van der Waals surface area contributed by atoms with Gasteiger partial charge in [-0.05, 0) is 25.3 Å². The van der Waals surface area contributed by atoms with Crippen LogP contribution in [0.4, 0.5) is 0 Å². The third kappa shape index (κ3) is 4.54. The number of nitrogens with zero attached hydrogens (tertiary/aromatic N) is 2. The molecule has 1 heterocycles. The molecule has 4 nitrogen and oxygen atoms in total. The van der Waals surface area contributed by atoms with E-state index < -0.39 is 0 Å². The van der Waals surface area contributed by atoms with E-state index in [0.29, 0.717) is 0 Å². The van der Waals surface area contributed by atoms with E-state index in [0.717, 1.165) is 32.1 Å². The Morgan fingerprint density at radius 3 is 2.35 bits per heavy atom. The molecule has 1 unspecified atom stereocenters. The predicted octanol–water partition coefficient (Wildman–Crippen LogP) is -0.0156. The lowest BCUT2D eigenvalue weighted by Gasteiger charge is -2.36. The second kappa shape index (κ2) is 6.69. The maximum Gasteiger partial charge on any atom is 0.0597 e. The van der Waals surface area contributed by atoms with Crippen LogP contribution >= 0.6 is 0 Å². The molecule has 0 amide bonds. The number of rotatable bonds is 7. The minimum Gasteiger partial charge on any atom is -0.395 e. The van der Waals surface area contributed by atoms with Crippen molar-refractivity contribution >= 4 is 0 Å². The fourth-order valence-corrected chi connectivity index (χ4v) is 2.61. The first kappa shape index (κ1) is 13.3. The normalized spacial score (nSPS) is 25.1. The first-order valence-electron chi connectivity index (χ1n) is 7.10. The molecule has 1 aliphatic carbocycles. The summed E-state index contributed by atoms with van der Waals surface area (Å²) in [6.07, 6.45) is 2.90. The molecule has 0 radical (unpaired) electrons. The Balaban J connectivity index is 1.63. The largest absolute Gasteiger partial charge is 0.395 e. The summed E-state index contributed by atoms with van der Waals surface area (Å²) in [6, 6.07) is 0.245. The molecule has 1 saturated heterocycles. The Hall–Kier alpha value is -0.160. The maximum absolute atomic E-state index is 9.27. The molecule has 17 heavy (non-hydrogen) atoms. The van der Waals surface area contributed by atoms with E-state index in [1.54, 1.807) is 0 Å². The third-order valence-corrected chi connectivity index (χ3v) is 3.87. The van der Waals surface area contributed by atoms with Crippen LogP contribution in [-0.2, 0) is 0 Å². The molecule has 2 N–H and O–H groups in total. The molecule has 2 aliphatic rings. The molecule has 0 aromatic heterocycles. The van der Waals surface area contributed by atoms with Crippen LogP contribution in [0.3, 0.4) is 0 Å². The monoisotopic (exact) mass is 241 g/mol. The second-order valence-corrected chi connectivity index (χ2v) is 5.48. The van der Waals surface area contributed by atoms with E-state index >= 15 is 0 Å². The zero-order valence-corrected chi connectivity index (χ0v) is 11.1. The molecular formula is C13H27N3O. The fraction of sp³-hybridized carbons (Fsp3) is 1.00. The molecule has 0 bridgehead atoms. The van der Waals surface area contributed by atoms with Crippen molar-refractivity contribution in [1.82, 2.24) is 15.1 Å². The number of nitrogens with one attached hydrogen (secondary N) is 1. The average Bonchev–Trinajstić information content (AvgIpc) is 3.15. The smallest absolute Gasteiger partial charge is 0.0597 e. The molecule has 0 aromatic carbocycles. The van der Waals surface area contributed by atoms with Crippen molar-refractivity contribution in [2.75, 3.05) is 52.4 Å². The van der Waals surface area contributed by atoms with Gasteiger partial charge < -0.3 is 15.3 Å². The minimum absolute atomic E-state index is 0.245. The molecule has 100 valence electrons. The Kier molecular flexibility index (Phi) is 5.22. The highest BCUT2D eigenvalue weighted by Crippen LogP contribution is 2.29. The van der Waals surface area contributed by atoms with Crippen molar-refractivity contribution in [3.05, 3.63) is 0 Å². The summed E-state index contributed by atoms with van der Waals surface area (Å²) in [4.78, 5) is 5.09. The molecule has 1 saturated carbocycles. The molecule has 1 atom stereocenters. The topological polar surface area (TPSA) is 38.7 Å². The number of hydrogen-bond acceptors (Lipinski definition) is 4. The first-order valence-corrected chi connectivity index (χ1v) is 7.10. The van der Waals surface area contributed by atoms with Gasteiger partial charge in [-0.15, -0.1) is 0 Å². The second-order valence-electron chi connectivity index (χ2n) is 5.48. The van der Waals surface area contributed by atoms with Crippen LogP contribution in [0, 0.1) is 5.92 Å². The van der Waals surface area contributed by atoms with Gasteiger partial charge in [0.15, 0.2) is 0 Å². The predicted molar refractivity (Wildman–Crippen MR) is 70.2 cm³/mol. The van der Waals surface area contributed by atoms with Gasteiger partial charge in [-0.2, -0.15) is 0 Å². The summed E-state index contributed by atoms with van der Waals surface area (Å²) in [5, 5.41) is 12.6. The fourth-order valence-electron chi connectivity index (χ4n) is 2.61. The van der Waals surface area contributed by atoms with E-state index in [1.807, 2.05) is 0 Å². The van der Waals surface area contributed by atoms with Crippen molar-refractivity contribution in [1.29, 1.82) is 0 Å². The lowest BCUT2D eigenvalue weighted by atomic mass is 10.2. The van der Waals surface area contributed by atoms with Gasteiger partial charge in [0.25, 0.3) is 0 Å². The highest BCUT2D eigenvalue weighted by molar-refractivity contribution is 4.82. The number of piperazine rings is 1. The van der Waals surface area contributed by atoms with E-state index in [9.17, 15) is 5.11 Å². The summed E-state index contributed by atoms with van der Waals surface area (Å²) in [5.74, 6) is 1.01. The van der Waals surface area contributed by atoms with Crippen molar-refractivity contribution in [2.45, 2.75) is 25.8 Å². The first-order chi connectivity index (χ1) is 8.31. The minimum atomic E-state index is 0.245. The maximum atomic E-state index is 9.27. The van der Waals surface area contributed by atoms with E-state index in [1.165, 1.54) is 32.5 Å². The SMILES string of the molecule is CCNC(CO)CN1CCN(CC2CC2)CC1. The van der Waals surface area contributed by atoms with Crippen molar-refractivity contribution in [3.8, 4) is 0 Å². The third-order valence-electron chi connectivity index (χ3n) is 3.87. The quantitative estimate of drug-likeness (QED) is 0.657. The van der Waals surface area contributed by atoms with E-state index in [4.69, 9.17) is 0 Å². The summed E-state index contributed by atoms with van der Waals surface area (Å²) in [5.41, 5.74) is 0. The van der Waals surface area contributed by atoms with Gasteiger partial charge in [-0.1, -0.05) is 6.92 Å². The summed E-state index contributed by atoms with van der Waals surface area (Å²) >= 11 is 0. The van der Waals surface area contributed by atoms with Gasteiger partial charge in [-0.25, -0.2) is 0 Å². The van der Waals surface area contributed by atoms with Crippen molar-refractivity contribution < 1.29 is 5.11 Å². The Morgan fingerprint density at radius 1 is 1.18 bits per heavy atom. The summed E-state index contributed by atoms with van der Waals surface area (Å²) in [6.45, 7) is 10.3. The summed E-state index contributed by atoms with van der Waals surface area (Å²) < 4.78 is 0. The molecule has 2 rings (SSSR count). The molecule has 1 aliphatic heterocycles. The Morgan fingerprint density at radius 2 is 1.82 bits per heavy atom. The van der Waals surface area contributed by atoms with Crippen LogP contribution in [0.15, 0.2) is 0 Å². The molecule has 0 spiro atoms. The van der Waals surface area contributed by atoms with Crippen molar-refractivity contribution in [3.63, 3.8) is 0 Å². The Labute approximate surface area is 105 Å².